The summed E-state index contributed by atoms with van der Waals surface area (Å²) in [7, 11) is 0. The molecule has 0 fully saturated rings. The second-order valence-corrected chi connectivity index (χ2v) is 7.28. The van der Waals surface area contributed by atoms with Crippen molar-refractivity contribution < 1.29 is 0 Å². The Kier molecular flexibility index (Phi) is 3.38. The Morgan fingerprint density at radius 2 is 1.60 bits per heavy atom. The van der Waals surface area contributed by atoms with Gasteiger partial charge < -0.3 is 0 Å². The fraction of sp³-hybridized carbons (Fsp3) is 0.200. The Hall–Kier alpha value is -2.60. The summed E-state index contributed by atoms with van der Waals surface area (Å²) in [4.78, 5) is 0. The zero-order valence-corrected chi connectivity index (χ0v) is 14.7. The molecule has 0 bridgehead atoms. The number of benzene rings is 4. The monoisotopic (exact) mass is 322 g/mol. The average molecular weight is 322 g/mol. The molecule has 0 saturated heterocycles. The van der Waals surface area contributed by atoms with E-state index in [1.54, 1.807) is 0 Å². The highest BCUT2D eigenvalue weighted by molar-refractivity contribution is 6.03. The topological polar surface area (TPSA) is 0 Å². The van der Waals surface area contributed by atoms with Crippen LogP contribution in [0.5, 0.6) is 0 Å². The normalized spacial score (nSPS) is 12.5. The first kappa shape index (κ1) is 14.7. The zero-order chi connectivity index (χ0) is 16.8. The van der Waals surface area contributed by atoms with Crippen LogP contribution in [0.4, 0.5) is 0 Å². The van der Waals surface area contributed by atoms with Gasteiger partial charge in [-0.1, -0.05) is 67.9 Å². The van der Waals surface area contributed by atoms with Crippen LogP contribution in [-0.2, 0) is 12.8 Å². The van der Waals surface area contributed by atoms with E-state index >= 15 is 0 Å². The van der Waals surface area contributed by atoms with Gasteiger partial charge in [0.05, 0.1) is 0 Å². The van der Waals surface area contributed by atoms with Gasteiger partial charge in [0, 0.05) is 0 Å². The predicted octanol–water partition coefficient (Wildman–Crippen LogP) is 6.91. The zero-order valence-electron chi connectivity index (χ0n) is 14.7. The van der Waals surface area contributed by atoms with E-state index in [0.717, 1.165) is 6.42 Å². The quantitative estimate of drug-likeness (QED) is 0.317. The first-order valence-electron chi connectivity index (χ1n) is 9.40. The minimum Gasteiger partial charge on any atom is -0.0654 e. The molecule has 5 rings (SSSR count). The van der Waals surface area contributed by atoms with Crippen LogP contribution in [-0.4, -0.2) is 0 Å². The Morgan fingerprint density at radius 1 is 0.760 bits per heavy atom. The van der Waals surface area contributed by atoms with Gasteiger partial charge in [0.1, 0.15) is 0 Å². The molecule has 0 radical (unpaired) electrons. The highest BCUT2D eigenvalue weighted by Gasteiger charge is 2.20. The van der Waals surface area contributed by atoms with Crippen LogP contribution < -0.4 is 0 Å². The first-order chi connectivity index (χ1) is 12.3. The van der Waals surface area contributed by atoms with E-state index in [1.165, 1.54) is 68.6 Å². The maximum Gasteiger partial charge on any atom is -0.000728 e. The van der Waals surface area contributed by atoms with Gasteiger partial charge in [0.2, 0.25) is 0 Å². The minimum absolute atomic E-state index is 1.06. The number of hydrogen-bond acceptors (Lipinski definition) is 0. The fourth-order valence-corrected chi connectivity index (χ4v) is 4.27. The lowest BCUT2D eigenvalue weighted by atomic mass is 9.96. The maximum atomic E-state index is 2.43. The standard InChI is InChI=1S/C25H22/c1-2-3-6-17-9-10-21-16-25-22(23(21)13-17)12-11-20-14-18-7-4-5-8-19(18)15-24(20)25/h4-5,7-15H,2-3,6,16H2,1H3. The second-order valence-electron chi connectivity index (χ2n) is 7.28. The maximum absolute atomic E-state index is 2.43. The average Bonchev–Trinajstić information content (AvgIpc) is 3.03. The van der Waals surface area contributed by atoms with Gasteiger partial charge in [-0.05, 0) is 80.8 Å². The molecule has 0 aliphatic heterocycles. The van der Waals surface area contributed by atoms with Crippen molar-refractivity contribution in [3.63, 3.8) is 0 Å². The molecular weight excluding hydrogens is 300 g/mol. The van der Waals surface area contributed by atoms with E-state index in [2.05, 4.69) is 73.7 Å². The van der Waals surface area contributed by atoms with Gasteiger partial charge >= 0.3 is 0 Å². The van der Waals surface area contributed by atoms with Crippen molar-refractivity contribution in [2.75, 3.05) is 0 Å². The molecule has 4 aromatic rings. The SMILES string of the molecule is CCCCc1ccc2c(c1)-c1ccc3cc4ccccc4cc3c1C2. The number of rotatable bonds is 3. The third-order valence-corrected chi connectivity index (χ3v) is 5.65. The Labute approximate surface area is 149 Å². The van der Waals surface area contributed by atoms with E-state index in [9.17, 15) is 0 Å². The molecule has 0 N–H and O–H groups in total. The second kappa shape index (κ2) is 5.74. The van der Waals surface area contributed by atoms with Crippen LogP contribution in [0.2, 0.25) is 0 Å². The van der Waals surface area contributed by atoms with E-state index in [1.807, 2.05) is 0 Å². The van der Waals surface area contributed by atoms with Gasteiger partial charge in [-0.15, -0.1) is 0 Å². The van der Waals surface area contributed by atoms with Crippen molar-refractivity contribution in [1.29, 1.82) is 0 Å². The molecule has 0 aromatic heterocycles. The third-order valence-electron chi connectivity index (χ3n) is 5.65. The van der Waals surface area contributed by atoms with Crippen molar-refractivity contribution in [3.05, 3.63) is 83.4 Å². The van der Waals surface area contributed by atoms with E-state index in [4.69, 9.17) is 0 Å². The highest BCUT2D eigenvalue weighted by Crippen LogP contribution is 2.41. The number of unbranched alkanes of at least 4 members (excludes halogenated alkanes) is 1. The molecule has 1 aliphatic carbocycles. The van der Waals surface area contributed by atoms with Crippen molar-refractivity contribution in [2.45, 2.75) is 32.6 Å². The summed E-state index contributed by atoms with van der Waals surface area (Å²) >= 11 is 0. The van der Waals surface area contributed by atoms with Crippen molar-refractivity contribution >= 4 is 21.5 Å². The molecule has 0 saturated carbocycles. The molecule has 0 spiro atoms. The summed E-state index contributed by atoms with van der Waals surface area (Å²) in [5.41, 5.74) is 7.36. The smallest absolute Gasteiger partial charge is 0.000728 e. The van der Waals surface area contributed by atoms with Crippen LogP contribution in [0.3, 0.4) is 0 Å². The summed E-state index contributed by atoms with van der Waals surface area (Å²) in [6, 6.07) is 25.1. The largest absolute Gasteiger partial charge is 0.0654 e. The summed E-state index contributed by atoms with van der Waals surface area (Å²) in [6.45, 7) is 2.26. The van der Waals surface area contributed by atoms with E-state index in [-0.39, 0.29) is 0 Å². The van der Waals surface area contributed by atoms with Crippen molar-refractivity contribution in [2.24, 2.45) is 0 Å². The minimum atomic E-state index is 1.06. The molecular formula is C25H22. The van der Waals surface area contributed by atoms with Gasteiger partial charge in [0.25, 0.3) is 0 Å². The molecule has 1 aliphatic rings. The number of fused-ring (bicyclic) bond motifs is 6. The molecule has 0 atom stereocenters. The van der Waals surface area contributed by atoms with Crippen LogP contribution >= 0.6 is 0 Å². The summed E-state index contributed by atoms with van der Waals surface area (Å²) in [5, 5.41) is 5.44. The molecule has 0 heteroatoms. The molecule has 122 valence electrons. The lowest BCUT2D eigenvalue weighted by Gasteiger charge is -2.08. The third kappa shape index (κ3) is 2.36. The fourth-order valence-electron chi connectivity index (χ4n) is 4.27. The first-order valence-corrected chi connectivity index (χ1v) is 9.40. The molecule has 0 amide bonds. The van der Waals surface area contributed by atoms with Crippen LogP contribution in [0, 0.1) is 0 Å². The Balaban J connectivity index is 1.69. The molecule has 0 nitrogen and oxygen atoms in total. The van der Waals surface area contributed by atoms with E-state index in [0.29, 0.717) is 0 Å². The van der Waals surface area contributed by atoms with E-state index < -0.39 is 0 Å². The van der Waals surface area contributed by atoms with Crippen molar-refractivity contribution in [1.82, 2.24) is 0 Å². The number of aryl methyl sites for hydroxylation is 1. The Morgan fingerprint density at radius 3 is 2.44 bits per heavy atom. The van der Waals surface area contributed by atoms with Crippen LogP contribution in [0.15, 0.2) is 66.7 Å². The van der Waals surface area contributed by atoms with Gasteiger partial charge in [-0.2, -0.15) is 0 Å². The van der Waals surface area contributed by atoms with Gasteiger partial charge in [-0.3, -0.25) is 0 Å². The molecule has 25 heavy (non-hydrogen) atoms. The van der Waals surface area contributed by atoms with Crippen LogP contribution in [0.25, 0.3) is 32.7 Å². The molecule has 0 heterocycles. The van der Waals surface area contributed by atoms with Crippen molar-refractivity contribution in [3.8, 4) is 11.1 Å². The molecule has 4 aromatic carbocycles. The van der Waals surface area contributed by atoms with Crippen LogP contribution in [0.1, 0.15) is 36.5 Å². The lowest BCUT2D eigenvalue weighted by Crippen LogP contribution is -1.87. The summed E-state index contributed by atoms with van der Waals surface area (Å²) in [6.07, 6.45) is 4.78. The lowest BCUT2D eigenvalue weighted by molar-refractivity contribution is 0.795. The summed E-state index contributed by atoms with van der Waals surface area (Å²) in [5.74, 6) is 0. The Bertz CT molecular complexity index is 1100. The summed E-state index contributed by atoms with van der Waals surface area (Å²) < 4.78 is 0. The highest BCUT2D eigenvalue weighted by atomic mass is 14.2. The van der Waals surface area contributed by atoms with Gasteiger partial charge in [0.15, 0.2) is 0 Å². The number of hydrogen-bond donors (Lipinski definition) is 0. The predicted molar refractivity (Wildman–Crippen MR) is 108 cm³/mol. The molecule has 0 unspecified atom stereocenters. The van der Waals surface area contributed by atoms with Gasteiger partial charge in [-0.25, -0.2) is 0 Å².